The molecule has 3 heterocycles. The van der Waals surface area contributed by atoms with E-state index in [-0.39, 0.29) is 56.2 Å². The number of rotatable bonds is 8. The zero-order valence-electron chi connectivity index (χ0n) is 31.8. The molecule has 3 fully saturated rings. The summed E-state index contributed by atoms with van der Waals surface area (Å²) < 4.78 is 31.3. The number of carbonyl (C=O) groups is 3. The normalized spacial score (nSPS) is 44.5. The zero-order valence-corrected chi connectivity index (χ0v) is 31.8. The number of methoxy groups -OCH3 is 1. The second-order valence-electron chi connectivity index (χ2n) is 15.8. The summed E-state index contributed by atoms with van der Waals surface area (Å²) >= 11 is 0. The Labute approximate surface area is 297 Å². The predicted molar refractivity (Wildman–Crippen MR) is 183 cm³/mol. The van der Waals surface area contributed by atoms with Gasteiger partial charge in [-0.1, -0.05) is 20.8 Å². The average Bonchev–Trinajstić information content (AvgIpc) is 3.00. The minimum Gasteiger partial charge on any atom is -0.387 e. The molecular weight excluding hydrogens is 652 g/mol. The molecule has 0 bridgehead atoms. The van der Waals surface area contributed by atoms with Gasteiger partial charge in [-0.3, -0.25) is 14.4 Å². The van der Waals surface area contributed by atoms with E-state index in [0.717, 1.165) is 0 Å². The van der Waals surface area contributed by atoms with Crippen molar-refractivity contribution >= 4 is 17.7 Å². The fraction of sp³-hybridized carbons (Fsp3) is 0.914. The Morgan fingerprint density at radius 3 is 2.30 bits per heavy atom. The van der Waals surface area contributed by atoms with Crippen molar-refractivity contribution in [2.45, 2.75) is 153 Å². The number of nitrogens with two attached hydrogens (primary N) is 1. The standard InChI is InChI=1S/C35H64N4O11/c1-18-15-34(6,45)31(50-33-28(42)24(38(8)9)12-19(2)47-33)20(3)29(49-27-16-35(7,46-11)30(43)22(5)48-27)21(4)32(44)37-23(13-25(36)40)14-26(41)39(10)17-18/h18-24,27-31,33,42-43,45H,12-17H2,1-11H3,(H2,36,40)(H,37,44)/t18-,19?,20+,21?,22+,23-,24?,27+,28-,29?,30+,31-,33+,34?,35-/m1/s1. The summed E-state index contributed by atoms with van der Waals surface area (Å²) in [6.07, 6.45) is -6.57. The van der Waals surface area contributed by atoms with Crippen LogP contribution in [-0.2, 0) is 38.1 Å². The quantitative estimate of drug-likeness (QED) is 0.231. The van der Waals surface area contributed by atoms with Crippen LogP contribution in [0.3, 0.4) is 0 Å². The van der Waals surface area contributed by atoms with Crippen LogP contribution in [0.15, 0.2) is 0 Å². The molecule has 15 nitrogen and oxygen atoms in total. The van der Waals surface area contributed by atoms with Crippen LogP contribution in [0.25, 0.3) is 0 Å². The SMILES string of the molecule is CO[C@]1(C)C[C@H](OC2C(C)C(=O)N[C@H](CC(N)=O)CC(=O)N(C)C[C@H](C)CC(C)(O)[C@H](O[C@@H]3OC(C)CC(N(C)C)[C@H]3O)[C@H]2C)O[C@@H](C)[C@@H]1O. The number of aliphatic hydroxyl groups excluding tert-OH is 2. The van der Waals surface area contributed by atoms with Gasteiger partial charge in [0, 0.05) is 58.0 Å². The van der Waals surface area contributed by atoms with Crippen molar-refractivity contribution in [1.82, 2.24) is 15.1 Å². The number of amides is 3. The lowest BCUT2D eigenvalue weighted by atomic mass is 9.77. The maximum Gasteiger partial charge on any atom is 0.225 e. The van der Waals surface area contributed by atoms with Crippen LogP contribution < -0.4 is 11.1 Å². The third kappa shape index (κ3) is 10.3. The van der Waals surface area contributed by atoms with Gasteiger partial charge in [0.1, 0.15) is 12.2 Å². The van der Waals surface area contributed by atoms with Crippen molar-refractivity contribution in [3.05, 3.63) is 0 Å². The number of likely N-dealkylation sites (N-methyl/N-ethyl adjacent to an activating group) is 1. The van der Waals surface area contributed by atoms with Crippen LogP contribution >= 0.6 is 0 Å². The second-order valence-corrected chi connectivity index (χ2v) is 15.8. The van der Waals surface area contributed by atoms with Crippen molar-refractivity contribution in [2.75, 3.05) is 34.8 Å². The molecule has 0 spiro atoms. The molecule has 3 rings (SSSR count). The van der Waals surface area contributed by atoms with Gasteiger partial charge in [-0.25, -0.2) is 0 Å². The van der Waals surface area contributed by atoms with Gasteiger partial charge in [-0.15, -0.1) is 0 Å². The zero-order chi connectivity index (χ0) is 37.9. The van der Waals surface area contributed by atoms with Crippen molar-refractivity contribution < 1.29 is 53.4 Å². The van der Waals surface area contributed by atoms with E-state index in [1.54, 1.807) is 41.7 Å². The molecule has 0 aromatic heterocycles. The van der Waals surface area contributed by atoms with E-state index in [0.29, 0.717) is 6.42 Å². The number of hydrogen-bond acceptors (Lipinski definition) is 12. The molecule has 15 heteroatoms. The summed E-state index contributed by atoms with van der Waals surface area (Å²) in [6, 6.07) is -1.15. The van der Waals surface area contributed by atoms with Crippen molar-refractivity contribution in [3.63, 3.8) is 0 Å². The van der Waals surface area contributed by atoms with E-state index in [9.17, 15) is 29.7 Å². The summed E-state index contributed by atoms with van der Waals surface area (Å²) in [6.45, 7) is 12.6. The highest BCUT2D eigenvalue weighted by Crippen LogP contribution is 2.39. The predicted octanol–water partition coefficient (Wildman–Crippen LogP) is 0.355. The third-order valence-electron chi connectivity index (χ3n) is 10.8. The molecule has 290 valence electrons. The number of nitrogens with one attached hydrogen (secondary N) is 1. The van der Waals surface area contributed by atoms with Gasteiger partial charge in [0.25, 0.3) is 0 Å². The highest BCUT2D eigenvalue weighted by atomic mass is 16.7. The van der Waals surface area contributed by atoms with E-state index in [1.807, 2.05) is 32.8 Å². The van der Waals surface area contributed by atoms with Gasteiger partial charge in [-0.05, 0) is 60.5 Å². The van der Waals surface area contributed by atoms with E-state index in [4.69, 9.17) is 29.4 Å². The molecule has 5 unspecified atom stereocenters. The summed E-state index contributed by atoms with van der Waals surface area (Å²) in [5, 5.41) is 37.5. The number of primary amides is 1. The van der Waals surface area contributed by atoms with E-state index in [2.05, 4.69) is 5.32 Å². The molecule has 3 saturated heterocycles. The number of aliphatic hydroxyl groups is 3. The molecule has 3 aliphatic heterocycles. The highest BCUT2D eigenvalue weighted by Gasteiger charge is 2.51. The van der Waals surface area contributed by atoms with Crippen LogP contribution in [0.4, 0.5) is 0 Å². The topological polar surface area (TPSA) is 203 Å². The van der Waals surface area contributed by atoms with Gasteiger partial charge >= 0.3 is 0 Å². The Morgan fingerprint density at radius 2 is 1.72 bits per heavy atom. The van der Waals surface area contributed by atoms with E-state index in [1.165, 1.54) is 12.0 Å². The molecule has 15 atom stereocenters. The Hall–Kier alpha value is -1.95. The molecule has 3 amide bonds. The summed E-state index contributed by atoms with van der Waals surface area (Å²) in [7, 11) is 6.87. The van der Waals surface area contributed by atoms with E-state index >= 15 is 0 Å². The second kappa shape index (κ2) is 17.3. The van der Waals surface area contributed by atoms with E-state index < -0.39 is 84.0 Å². The maximum atomic E-state index is 14.0. The molecule has 0 saturated carbocycles. The lowest BCUT2D eigenvalue weighted by Gasteiger charge is -2.49. The molecule has 0 aromatic rings. The largest absolute Gasteiger partial charge is 0.387 e. The first kappa shape index (κ1) is 42.5. The molecule has 50 heavy (non-hydrogen) atoms. The van der Waals surface area contributed by atoms with Gasteiger partial charge in [0.05, 0.1) is 41.5 Å². The third-order valence-corrected chi connectivity index (χ3v) is 10.8. The Kier molecular flexibility index (Phi) is 14.7. The van der Waals surface area contributed by atoms with Crippen LogP contribution in [0, 0.1) is 17.8 Å². The molecule has 0 aliphatic carbocycles. The first-order chi connectivity index (χ1) is 23.1. The van der Waals surface area contributed by atoms with Crippen molar-refractivity contribution in [2.24, 2.45) is 23.5 Å². The molecular formula is C35H64N4O11. The average molecular weight is 717 g/mol. The first-order valence-corrected chi connectivity index (χ1v) is 17.8. The fourth-order valence-corrected chi connectivity index (χ4v) is 8.00. The lowest BCUT2D eigenvalue weighted by molar-refractivity contribution is -0.317. The molecule has 0 radical (unpaired) electrons. The van der Waals surface area contributed by atoms with Gasteiger partial charge in [0.2, 0.25) is 17.7 Å². The summed E-state index contributed by atoms with van der Waals surface area (Å²) in [4.78, 5) is 42.8. The minimum absolute atomic E-state index is 0.128. The maximum absolute atomic E-state index is 14.0. The van der Waals surface area contributed by atoms with Crippen molar-refractivity contribution in [1.29, 1.82) is 0 Å². The van der Waals surface area contributed by atoms with Gasteiger partial charge in [-0.2, -0.15) is 0 Å². The van der Waals surface area contributed by atoms with Crippen molar-refractivity contribution in [3.8, 4) is 0 Å². The molecule has 6 N–H and O–H groups in total. The van der Waals surface area contributed by atoms with Crippen LogP contribution in [0.2, 0.25) is 0 Å². The van der Waals surface area contributed by atoms with Crippen LogP contribution in [0.1, 0.15) is 80.6 Å². The number of hydrogen-bond donors (Lipinski definition) is 5. The number of carbonyl (C=O) groups excluding carboxylic acids is 3. The van der Waals surface area contributed by atoms with Crippen LogP contribution in [0.5, 0.6) is 0 Å². The van der Waals surface area contributed by atoms with Crippen LogP contribution in [-0.4, -0.2) is 150 Å². The Balaban J connectivity index is 2.12. The highest BCUT2D eigenvalue weighted by molar-refractivity contribution is 5.83. The fourth-order valence-electron chi connectivity index (χ4n) is 8.00. The summed E-state index contributed by atoms with van der Waals surface area (Å²) in [5.74, 6) is -3.39. The van der Waals surface area contributed by atoms with Gasteiger partial charge in [0.15, 0.2) is 12.6 Å². The smallest absolute Gasteiger partial charge is 0.225 e. The molecule has 0 aromatic carbocycles. The van der Waals surface area contributed by atoms with Gasteiger partial charge < -0.3 is 59.9 Å². The monoisotopic (exact) mass is 716 g/mol. The Morgan fingerprint density at radius 1 is 1.08 bits per heavy atom. The number of ether oxygens (including phenoxy) is 5. The molecule has 3 aliphatic rings. The number of nitrogens with zero attached hydrogens (tertiary/aromatic N) is 2. The lowest BCUT2D eigenvalue weighted by Crippen LogP contribution is -2.61. The summed E-state index contributed by atoms with van der Waals surface area (Å²) in [5.41, 5.74) is 2.92. The first-order valence-electron chi connectivity index (χ1n) is 17.8. The Bertz CT molecular complexity index is 1160. The minimum atomic E-state index is -1.57.